The molecule has 2 atom stereocenters. The van der Waals surface area contributed by atoms with Crippen LogP contribution in [0.25, 0.3) is 0 Å². The second-order valence-corrected chi connectivity index (χ2v) is 3.46. The van der Waals surface area contributed by atoms with Crippen LogP contribution >= 0.6 is 0 Å². The van der Waals surface area contributed by atoms with Gasteiger partial charge in [-0.05, 0) is 32.4 Å². The lowest BCUT2D eigenvalue weighted by atomic mass is 10.1. The van der Waals surface area contributed by atoms with E-state index in [-0.39, 0.29) is 17.7 Å². The third-order valence-electron chi connectivity index (χ3n) is 1.84. The molecule has 0 aromatic carbocycles. The number of hydrogen-bond acceptors (Lipinski definition) is 3. The molecule has 0 saturated carbocycles. The summed E-state index contributed by atoms with van der Waals surface area (Å²) in [5.41, 5.74) is 0. The van der Waals surface area contributed by atoms with Crippen molar-refractivity contribution in [3.63, 3.8) is 0 Å². The number of aliphatic hydroxyl groups is 1. The van der Waals surface area contributed by atoms with Gasteiger partial charge in [0, 0.05) is 12.2 Å². The SMILES string of the molecule is CC(O)CC(C)Nc1ncccc1F. The van der Waals surface area contributed by atoms with Crippen molar-refractivity contribution in [1.29, 1.82) is 0 Å². The van der Waals surface area contributed by atoms with Gasteiger partial charge in [0.2, 0.25) is 0 Å². The van der Waals surface area contributed by atoms with E-state index in [0.29, 0.717) is 6.42 Å². The monoisotopic (exact) mass is 198 g/mol. The van der Waals surface area contributed by atoms with Crippen LogP contribution in [0.1, 0.15) is 20.3 Å². The molecule has 14 heavy (non-hydrogen) atoms. The lowest BCUT2D eigenvalue weighted by Gasteiger charge is -2.15. The van der Waals surface area contributed by atoms with E-state index in [0.717, 1.165) is 0 Å². The summed E-state index contributed by atoms with van der Waals surface area (Å²) in [5.74, 6) is -0.134. The molecule has 2 unspecified atom stereocenters. The van der Waals surface area contributed by atoms with Crippen LogP contribution in [-0.4, -0.2) is 22.2 Å². The third kappa shape index (κ3) is 3.30. The molecule has 3 nitrogen and oxygen atoms in total. The Kier molecular flexibility index (Phi) is 3.83. The molecule has 0 bridgehead atoms. The molecule has 1 rings (SSSR count). The average Bonchev–Trinajstić information content (AvgIpc) is 2.07. The molecule has 0 fully saturated rings. The molecule has 0 amide bonds. The second kappa shape index (κ2) is 4.91. The maximum Gasteiger partial charge on any atom is 0.165 e. The molecule has 0 aliphatic carbocycles. The Morgan fingerprint density at radius 1 is 1.57 bits per heavy atom. The van der Waals surface area contributed by atoms with Gasteiger partial charge in [0.1, 0.15) is 0 Å². The Hall–Kier alpha value is -1.16. The van der Waals surface area contributed by atoms with Crippen LogP contribution in [0.4, 0.5) is 10.2 Å². The van der Waals surface area contributed by atoms with Gasteiger partial charge in [-0.15, -0.1) is 0 Å². The summed E-state index contributed by atoms with van der Waals surface area (Å²) in [6.07, 6.45) is 1.69. The molecule has 1 heterocycles. The van der Waals surface area contributed by atoms with Crippen LogP contribution in [0.3, 0.4) is 0 Å². The summed E-state index contributed by atoms with van der Waals surface area (Å²) in [6.45, 7) is 3.58. The van der Waals surface area contributed by atoms with Gasteiger partial charge in [0.25, 0.3) is 0 Å². The molecule has 0 spiro atoms. The number of aliphatic hydroxyl groups excluding tert-OH is 1. The first-order chi connectivity index (χ1) is 6.59. The number of aromatic nitrogens is 1. The first kappa shape index (κ1) is 10.9. The van der Waals surface area contributed by atoms with E-state index in [9.17, 15) is 4.39 Å². The van der Waals surface area contributed by atoms with E-state index < -0.39 is 6.10 Å². The van der Waals surface area contributed by atoms with Crippen molar-refractivity contribution in [1.82, 2.24) is 4.98 Å². The Balaban J connectivity index is 2.56. The zero-order valence-corrected chi connectivity index (χ0v) is 8.37. The van der Waals surface area contributed by atoms with E-state index in [1.165, 1.54) is 12.3 Å². The lowest BCUT2D eigenvalue weighted by Crippen LogP contribution is -2.21. The molecule has 1 aromatic rings. The smallest absolute Gasteiger partial charge is 0.165 e. The third-order valence-corrected chi connectivity index (χ3v) is 1.84. The molecular weight excluding hydrogens is 183 g/mol. The van der Waals surface area contributed by atoms with E-state index in [4.69, 9.17) is 5.11 Å². The number of halogens is 1. The second-order valence-electron chi connectivity index (χ2n) is 3.46. The minimum absolute atomic E-state index is 0.000556. The normalized spacial score (nSPS) is 14.9. The Labute approximate surface area is 83.0 Å². The molecule has 2 N–H and O–H groups in total. The summed E-state index contributed by atoms with van der Waals surface area (Å²) >= 11 is 0. The van der Waals surface area contributed by atoms with Gasteiger partial charge in [0.05, 0.1) is 6.10 Å². The molecule has 0 radical (unpaired) electrons. The number of pyridine rings is 1. The summed E-state index contributed by atoms with van der Waals surface area (Å²) in [6, 6.07) is 2.89. The van der Waals surface area contributed by atoms with Crippen molar-refractivity contribution in [2.45, 2.75) is 32.4 Å². The molecule has 1 aromatic heterocycles. The summed E-state index contributed by atoms with van der Waals surface area (Å²) in [4.78, 5) is 3.86. The van der Waals surface area contributed by atoms with Gasteiger partial charge in [-0.3, -0.25) is 0 Å². The summed E-state index contributed by atoms with van der Waals surface area (Å²) < 4.78 is 13.1. The Bertz CT molecular complexity index is 291. The largest absolute Gasteiger partial charge is 0.393 e. The summed E-state index contributed by atoms with van der Waals surface area (Å²) in [5, 5.41) is 12.0. The minimum atomic E-state index is -0.399. The van der Waals surface area contributed by atoms with Crippen LogP contribution in [0.15, 0.2) is 18.3 Å². The fraction of sp³-hybridized carbons (Fsp3) is 0.500. The highest BCUT2D eigenvalue weighted by Gasteiger charge is 2.08. The topological polar surface area (TPSA) is 45.1 Å². The standard InChI is InChI=1S/C10H15FN2O/c1-7(6-8(2)14)13-10-9(11)4-3-5-12-10/h3-5,7-8,14H,6H2,1-2H3,(H,12,13). The van der Waals surface area contributed by atoms with Gasteiger partial charge in [-0.1, -0.05) is 0 Å². The van der Waals surface area contributed by atoms with Gasteiger partial charge in [0.15, 0.2) is 11.6 Å². The molecule has 0 aliphatic rings. The Morgan fingerprint density at radius 2 is 2.29 bits per heavy atom. The van der Waals surface area contributed by atoms with E-state index in [1.54, 1.807) is 13.0 Å². The van der Waals surface area contributed by atoms with Gasteiger partial charge in [-0.2, -0.15) is 0 Å². The fourth-order valence-corrected chi connectivity index (χ4v) is 1.30. The van der Waals surface area contributed by atoms with Crippen LogP contribution in [0.2, 0.25) is 0 Å². The van der Waals surface area contributed by atoms with Gasteiger partial charge < -0.3 is 10.4 Å². The molecule has 4 heteroatoms. The van der Waals surface area contributed by atoms with Crippen molar-refractivity contribution >= 4 is 5.82 Å². The van der Waals surface area contributed by atoms with Crippen LogP contribution in [0.5, 0.6) is 0 Å². The van der Waals surface area contributed by atoms with Crippen molar-refractivity contribution in [3.05, 3.63) is 24.1 Å². The average molecular weight is 198 g/mol. The van der Waals surface area contributed by atoms with Crippen molar-refractivity contribution < 1.29 is 9.50 Å². The minimum Gasteiger partial charge on any atom is -0.393 e. The number of hydrogen-bond donors (Lipinski definition) is 2. The van der Waals surface area contributed by atoms with Crippen molar-refractivity contribution in [3.8, 4) is 0 Å². The zero-order chi connectivity index (χ0) is 10.6. The quantitative estimate of drug-likeness (QED) is 0.775. The molecular formula is C10H15FN2O. The molecule has 78 valence electrons. The van der Waals surface area contributed by atoms with Crippen LogP contribution in [0, 0.1) is 5.82 Å². The first-order valence-corrected chi connectivity index (χ1v) is 4.64. The first-order valence-electron chi connectivity index (χ1n) is 4.64. The van der Waals surface area contributed by atoms with Crippen LogP contribution < -0.4 is 5.32 Å². The maximum atomic E-state index is 13.1. The van der Waals surface area contributed by atoms with Crippen LogP contribution in [-0.2, 0) is 0 Å². The Morgan fingerprint density at radius 3 is 2.86 bits per heavy atom. The van der Waals surface area contributed by atoms with Crippen molar-refractivity contribution in [2.75, 3.05) is 5.32 Å². The van der Waals surface area contributed by atoms with E-state index in [2.05, 4.69) is 10.3 Å². The lowest BCUT2D eigenvalue weighted by molar-refractivity contribution is 0.179. The fourth-order valence-electron chi connectivity index (χ4n) is 1.30. The number of rotatable bonds is 4. The highest BCUT2D eigenvalue weighted by Crippen LogP contribution is 2.11. The zero-order valence-electron chi connectivity index (χ0n) is 8.37. The number of nitrogens with zero attached hydrogens (tertiary/aromatic N) is 1. The number of nitrogens with one attached hydrogen (secondary N) is 1. The van der Waals surface area contributed by atoms with Gasteiger partial charge >= 0.3 is 0 Å². The predicted molar refractivity (Wildman–Crippen MR) is 53.6 cm³/mol. The molecule has 0 aliphatic heterocycles. The predicted octanol–water partition coefficient (Wildman–Crippen LogP) is 1.79. The maximum absolute atomic E-state index is 13.1. The van der Waals surface area contributed by atoms with Gasteiger partial charge in [-0.25, -0.2) is 9.37 Å². The van der Waals surface area contributed by atoms with Crippen molar-refractivity contribution in [2.24, 2.45) is 0 Å². The molecule has 0 saturated heterocycles. The number of anilines is 1. The highest BCUT2D eigenvalue weighted by atomic mass is 19.1. The highest BCUT2D eigenvalue weighted by molar-refractivity contribution is 5.36. The van der Waals surface area contributed by atoms with E-state index >= 15 is 0 Å². The summed E-state index contributed by atoms with van der Waals surface area (Å²) in [7, 11) is 0. The van der Waals surface area contributed by atoms with E-state index in [1.807, 2.05) is 6.92 Å².